The van der Waals surface area contributed by atoms with Crippen LogP contribution in [0.4, 0.5) is 5.69 Å². The minimum atomic E-state index is -0.552. The Balaban J connectivity index is 1.57. The van der Waals surface area contributed by atoms with Crippen molar-refractivity contribution in [2.24, 2.45) is 10.2 Å². The lowest BCUT2D eigenvalue weighted by Gasteiger charge is -2.09. The van der Waals surface area contributed by atoms with Gasteiger partial charge in [0.15, 0.2) is 5.17 Å². The molecule has 27 heavy (non-hydrogen) atoms. The Kier molecular flexibility index (Phi) is 5.87. The molecule has 3 rings (SSSR count). The highest BCUT2D eigenvalue weighted by Gasteiger charge is 2.32. The van der Waals surface area contributed by atoms with Crippen molar-refractivity contribution in [2.45, 2.75) is 18.6 Å². The number of para-hydroxylation sites is 1. The number of nitrogens with one attached hydrogen (secondary N) is 2. The third-order valence-corrected chi connectivity index (χ3v) is 4.86. The lowest BCUT2D eigenvalue weighted by molar-refractivity contribution is -0.122. The van der Waals surface area contributed by atoms with Crippen molar-refractivity contribution < 1.29 is 14.7 Å². The van der Waals surface area contributed by atoms with Crippen LogP contribution in [0, 0.1) is 6.92 Å². The van der Waals surface area contributed by atoms with Gasteiger partial charge in [0, 0.05) is 12.1 Å². The number of thioether (sulfide) groups is 1. The van der Waals surface area contributed by atoms with E-state index in [1.807, 2.05) is 31.2 Å². The maximum Gasteiger partial charge on any atom is 0.240 e. The highest BCUT2D eigenvalue weighted by atomic mass is 32.2. The Bertz CT molecular complexity index is 927. The van der Waals surface area contributed by atoms with E-state index in [1.165, 1.54) is 18.0 Å². The first-order valence-electron chi connectivity index (χ1n) is 8.24. The minimum absolute atomic E-state index is 0.0418. The number of amides is 2. The van der Waals surface area contributed by atoms with E-state index in [0.29, 0.717) is 10.7 Å². The number of anilines is 1. The second kappa shape index (κ2) is 8.50. The number of benzene rings is 2. The first-order valence-corrected chi connectivity index (χ1v) is 9.12. The van der Waals surface area contributed by atoms with Gasteiger partial charge in [0.05, 0.1) is 6.21 Å². The number of carbonyl (C=O) groups excluding carboxylic acids is 2. The Morgan fingerprint density at radius 1 is 1.30 bits per heavy atom. The van der Waals surface area contributed by atoms with Crippen LogP contribution in [-0.4, -0.2) is 33.6 Å². The smallest absolute Gasteiger partial charge is 0.240 e. The SMILES string of the molecule is Cc1ccccc1NC(=O)C[C@@H]1S/C(=N/N=C\c2cccc(O)c2)NC1=O. The molecule has 1 aliphatic rings. The van der Waals surface area contributed by atoms with Crippen LogP contribution in [0.25, 0.3) is 0 Å². The van der Waals surface area contributed by atoms with Crippen molar-refractivity contribution in [3.05, 3.63) is 59.7 Å². The summed E-state index contributed by atoms with van der Waals surface area (Å²) in [6.07, 6.45) is 1.51. The molecule has 1 saturated heterocycles. The predicted molar refractivity (Wildman–Crippen MR) is 107 cm³/mol. The van der Waals surface area contributed by atoms with E-state index >= 15 is 0 Å². The van der Waals surface area contributed by atoms with Crippen molar-refractivity contribution >= 4 is 40.6 Å². The molecule has 1 atom stereocenters. The van der Waals surface area contributed by atoms with E-state index in [0.717, 1.165) is 11.3 Å². The van der Waals surface area contributed by atoms with Gasteiger partial charge in [0.2, 0.25) is 11.8 Å². The molecule has 2 aromatic carbocycles. The maximum absolute atomic E-state index is 12.2. The molecule has 3 N–H and O–H groups in total. The summed E-state index contributed by atoms with van der Waals surface area (Å²) in [5.74, 6) is -0.373. The van der Waals surface area contributed by atoms with Crippen LogP contribution in [0.15, 0.2) is 58.7 Å². The highest BCUT2D eigenvalue weighted by Crippen LogP contribution is 2.23. The van der Waals surface area contributed by atoms with Gasteiger partial charge in [0.25, 0.3) is 0 Å². The van der Waals surface area contributed by atoms with Crippen molar-refractivity contribution in [1.29, 1.82) is 0 Å². The quantitative estimate of drug-likeness (QED) is 0.546. The Morgan fingerprint density at radius 3 is 2.89 bits per heavy atom. The van der Waals surface area contributed by atoms with Crippen molar-refractivity contribution in [1.82, 2.24) is 5.32 Å². The highest BCUT2D eigenvalue weighted by molar-refractivity contribution is 8.15. The molecule has 0 aromatic heterocycles. The summed E-state index contributed by atoms with van der Waals surface area (Å²) in [4.78, 5) is 24.2. The molecule has 2 aromatic rings. The molecule has 0 saturated carbocycles. The molecule has 0 radical (unpaired) electrons. The lowest BCUT2D eigenvalue weighted by atomic mass is 10.2. The summed E-state index contributed by atoms with van der Waals surface area (Å²) in [6, 6.07) is 14.0. The minimum Gasteiger partial charge on any atom is -0.508 e. The van der Waals surface area contributed by atoms with Crippen LogP contribution in [0.1, 0.15) is 17.5 Å². The molecular formula is C19H18N4O3S. The maximum atomic E-state index is 12.2. The number of hydrogen-bond acceptors (Lipinski definition) is 6. The van der Waals surface area contributed by atoms with Crippen LogP contribution in [0.5, 0.6) is 5.75 Å². The normalized spacial score (nSPS) is 18.0. The van der Waals surface area contributed by atoms with Crippen molar-refractivity contribution in [3.63, 3.8) is 0 Å². The first-order chi connectivity index (χ1) is 13.0. The zero-order valence-corrected chi connectivity index (χ0v) is 15.4. The second-order valence-corrected chi connectivity index (χ2v) is 7.10. The van der Waals surface area contributed by atoms with E-state index in [9.17, 15) is 14.7 Å². The predicted octanol–water partition coefficient (Wildman–Crippen LogP) is 2.65. The Morgan fingerprint density at radius 2 is 2.11 bits per heavy atom. The molecule has 0 unspecified atom stereocenters. The molecule has 0 spiro atoms. The average Bonchev–Trinajstić information content (AvgIpc) is 2.96. The van der Waals surface area contributed by atoms with Gasteiger partial charge < -0.3 is 15.7 Å². The molecule has 138 valence electrons. The number of amidine groups is 1. The fraction of sp³-hybridized carbons (Fsp3) is 0.158. The number of phenols is 1. The number of aromatic hydroxyl groups is 1. The van der Waals surface area contributed by atoms with E-state index in [-0.39, 0.29) is 24.0 Å². The molecule has 1 aliphatic heterocycles. The van der Waals surface area contributed by atoms with Gasteiger partial charge in [-0.2, -0.15) is 5.10 Å². The molecular weight excluding hydrogens is 364 g/mol. The summed E-state index contributed by atoms with van der Waals surface area (Å²) < 4.78 is 0. The van der Waals surface area contributed by atoms with Gasteiger partial charge in [-0.3, -0.25) is 9.59 Å². The monoisotopic (exact) mass is 382 g/mol. The summed E-state index contributed by atoms with van der Waals surface area (Å²) in [5.41, 5.74) is 2.37. The molecule has 0 aliphatic carbocycles. The van der Waals surface area contributed by atoms with E-state index in [2.05, 4.69) is 20.8 Å². The zero-order chi connectivity index (χ0) is 19.2. The third kappa shape index (κ3) is 5.18. The van der Waals surface area contributed by atoms with E-state index in [1.54, 1.807) is 24.3 Å². The molecule has 1 fully saturated rings. The Hall–Kier alpha value is -3.13. The van der Waals surface area contributed by atoms with Gasteiger partial charge in [-0.25, -0.2) is 0 Å². The van der Waals surface area contributed by atoms with E-state index in [4.69, 9.17) is 0 Å². The first kappa shape index (κ1) is 18.7. The summed E-state index contributed by atoms with van der Waals surface area (Å²) >= 11 is 1.17. The van der Waals surface area contributed by atoms with Gasteiger partial charge in [-0.15, -0.1) is 5.10 Å². The summed E-state index contributed by atoms with van der Waals surface area (Å²) in [7, 11) is 0. The zero-order valence-electron chi connectivity index (χ0n) is 14.5. The van der Waals surface area contributed by atoms with Crippen LogP contribution >= 0.6 is 11.8 Å². The number of phenolic OH excluding ortho intramolecular Hbond substituents is 1. The summed E-state index contributed by atoms with van der Waals surface area (Å²) in [5, 5.41) is 22.5. The number of nitrogens with zero attached hydrogens (tertiary/aromatic N) is 2. The number of hydrogen-bond donors (Lipinski definition) is 3. The van der Waals surface area contributed by atoms with Crippen LogP contribution < -0.4 is 10.6 Å². The molecule has 2 amide bonds. The van der Waals surface area contributed by atoms with Gasteiger partial charge in [-0.1, -0.05) is 42.1 Å². The molecule has 8 heteroatoms. The average molecular weight is 382 g/mol. The van der Waals surface area contributed by atoms with Gasteiger partial charge in [0.1, 0.15) is 11.0 Å². The number of aryl methyl sites for hydroxylation is 1. The van der Waals surface area contributed by atoms with Crippen LogP contribution in [0.3, 0.4) is 0 Å². The number of rotatable bonds is 5. The topological polar surface area (TPSA) is 103 Å². The second-order valence-electron chi connectivity index (χ2n) is 5.91. The summed E-state index contributed by atoms with van der Waals surface area (Å²) in [6.45, 7) is 1.90. The fourth-order valence-corrected chi connectivity index (χ4v) is 3.35. The molecule has 7 nitrogen and oxygen atoms in total. The van der Waals surface area contributed by atoms with Crippen LogP contribution in [0.2, 0.25) is 0 Å². The van der Waals surface area contributed by atoms with Gasteiger partial charge in [-0.05, 0) is 36.2 Å². The standard InChI is InChI=1S/C19H18N4O3S/c1-12-5-2-3-8-15(12)21-17(25)10-16-18(26)22-19(27-16)23-20-11-13-6-4-7-14(24)9-13/h2-9,11,16,24H,10H2,1H3,(H,21,25)(H,22,23,26)/b20-11-/t16-/m0/s1. The Labute approximate surface area is 160 Å². The number of carbonyl (C=O) groups is 2. The fourth-order valence-electron chi connectivity index (χ4n) is 2.42. The van der Waals surface area contributed by atoms with Crippen LogP contribution in [-0.2, 0) is 9.59 Å². The lowest BCUT2D eigenvalue weighted by Crippen LogP contribution is -2.28. The molecule has 0 bridgehead atoms. The third-order valence-electron chi connectivity index (χ3n) is 3.79. The van der Waals surface area contributed by atoms with Gasteiger partial charge >= 0.3 is 0 Å². The largest absolute Gasteiger partial charge is 0.508 e. The van der Waals surface area contributed by atoms with Crippen molar-refractivity contribution in [2.75, 3.05) is 5.32 Å². The van der Waals surface area contributed by atoms with Crippen molar-refractivity contribution in [3.8, 4) is 5.75 Å². The molecule has 1 heterocycles. The van der Waals surface area contributed by atoms with E-state index < -0.39 is 5.25 Å².